The fraction of sp³-hybridized carbons (Fsp3) is 0.190. The van der Waals surface area contributed by atoms with Gasteiger partial charge in [-0.2, -0.15) is 5.26 Å². The molecule has 0 spiro atoms. The molecule has 0 aliphatic rings. The van der Waals surface area contributed by atoms with Crippen molar-refractivity contribution < 1.29 is 18.7 Å². The molecule has 6 heteroatoms. The topological polar surface area (TPSA) is 92.3 Å². The molecule has 1 amide bonds. The van der Waals surface area contributed by atoms with Gasteiger partial charge in [-0.05, 0) is 43.7 Å². The molecular weight excluding hydrogens is 344 g/mol. The number of aryl methyl sites for hydroxylation is 1. The number of anilines is 1. The second-order valence-corrected chi connectivity index (χ2v) is 6.25. The third kappa shape index (κ3) is 4.33. The highest BCUT2D eigenvalue weighted by Gasteiger charge is 2.19. The molecule has 6 nitrogen and oxygen atoms in total. The Kier molecular flexibility index (Phi) is 5.23. The van der Waals surface area contributed by atoms with Crippen LogP contribution in [0.5, 0.6) is 0 Å². The Morgan fingerprint density at radius 1 is 1.26 bits per heavy atom. The zero-order valence-corrected chi connectivity index (χ0v) is 15.0. The Morgan fingerprint density at radius 3 is 2.85 bits per heavy atom. The number of amides is 1. The molecule has 1 aromatic heterocycles. The van der Waals surface area contributed by atoms with E-state index in [2.05, 4.69) is 5.32 Å². The Hall–Kier alpha value is -3.59. The molecule has 0 unspecified atom stereocenters. The first-order valence-corrected chi connectivity index (χ1v) is 8.43. The summed E-state index contributed by atoms with van der Waals surface area (Å²) in [5, 5.41) is 12.4. The zero-order valence-electron chi connectivity index (χ0n) is 15.0. The van der Waals surface area contributed by atoms with Gasteiger partial charge in [0.2, 0.25) is 0 Å². The Balaban J connectivity index is 1.61. The second kappa shape index (κ2) is 7.75. The van der Waals surface area contributed by atoms with Gasteiger partial charge in [0.05, 0.1) is 24.3 Å². The van der Waals surface area contributed by atoms with Crippen LogP contribution in [0.4, 0.5) is 5.69 Å². The number of ether oxygens (including phenoxy) is 1. The molecule has 3 aromatic rings. The van der Waals surface area contributed by atoms with E-state index in [4.69, 9.17) is 14.4 Å². The lowest BCUT2D eigenvalue weighted by Crippen LogP contribution is -2.30. The van der Waals surface area contributed by atoms with Crippen LogP contribution in [0, 0.1) is 18.3 Å². The molecule has 1 atom stereocenters. The van der Waals surface area contributed by atoms with Crippen LogP contribution in [0.3, 0.4) is 0 Å². The number of esters is 1. The van der Waals surface area contributed by atoms with Gasteiger partial charge >= 0.3 is 5.97 Å². The summed E-state index contributed by atoms with van der Waals surface area (Å²) < 4.78 is 10.7. The van der Waals surface area contributed by atoms with Gasteiger partial charge in [0.1, 0.15) is 5.58 Å². The predicted molar refractivity (Wildman–Crippen MR) is 100.0 cm³/mol. The van der Waals surface area contributed by atoms with E-state index in [1.807, 2.05) is 31.2 Å². The molecule has 136 valence electrons. The highest BCUT2D eigenvalue weighted by atomic mass is 16.5. The number of rotatable bonds is 5. The van der Waals surface area contributed by atoms with Crippen LogP contribution < -0.4 is 5.32 Å². The molecule has 0 bridgehead atoms. The van der Waals surface area contributed by atoms with E-state index in [1.54, 1.807) is 24.3 Å². The van der Waals surface area contributed by atoms with Crippen molar-refractivity contribution in [2.24, 2.45) is 0 Å². The van der Waals surface area contributed by atoms with Gasteiger partial charge in [0, 0.05) is 16.6 Å². The average molecular weight is 362 g/mol. The lowest BCUT2D eigenvalue weighted by molar-refractivity contribution is -0.152. The quantitative estimate of drug-likeness (QED) is 0.698. The summed E-state index contributed by atoms with van der Waals surface area (Å²) in [5.74, 6) is -0.988. The number of benzene rings is 2. The van der Waals surface area contributed by atoms with Crippen LogP contribution >= 0.6 is 0 Å². The Morgan fingerprint density at radius 2 is 2.07 bits per heavy atom. The van der Waals surface area contributed by atoms with Crippen molar-refractivity contribution in [2.45, 2.75) is 26.4 Å². The first kappa shape index (κ1) is 18.2. The normalized spacial score (nSPS) is 11.6. The Bertz CT molecular complexity index is 1050. The SMILES string of the molecule is Cc1ccc2c(CC(=O)O[C@@H](C)C(=O)Nc3cccc(C#N)c3)coc2c1. The molecular formula is C21H18N2O4. The van der Waals surface area contributed by atoms with Crippen LogP contribution in [0.15, 0.2) is 53.1 Å². The summed E-state index contributed by atoms with van der Waals surface area (Å²) in [6.45, 7) is 3.46. The van der Waals surface area contributed by atoms with Crippen LogP contribution in [-0.4, -0.2) is 18.0 Å². The number of furan rings is 1. The number of carbonyl (C=O) groups excluding carboxylic acids is 2. The maximum Gasteiger partial charge on any atom is 0.311 e. The summed E-state index contributed by atoms with van der Waals surface area (Å²) in [4.78, 5) is 24.4. The third-order valence-electron chi connectivity index (χ3n) is 4.08. The van der Waals surface area contributed by atoms with Gasteiger partial charge in [0.15, 0.2) is 6.10 Å². The minimum absolute atomic E-state index is 0.0115. The van der Waals surface area contributed by atoms with E-state index < -0.39 is 18.0 Å². The van der Waals surface area contributed by atoms with Gasteiger partial charge in [0.25, 0.3) is 5.91 Å². The molecule has 0 saturated carbocycles. The highest BCUT2D eigenvalue weighted by molar-refractivity contribution is 5.95. The third-order valence-corrected chi connectivity index (χ3v) is 4.08. The molecule has 0 radical (unpaired) electrons. The first-order valence-electron chi connectivity index (χ1n) is 8.43. The fourth-order valence-corrected chi connectivity index (χ4v) is 2.69. The van der Waals surface area contributed by atoms with Crippen molar-refractivity contribution in [3.8, 4) is 6.07 Å². The van der Waals surface area contributed by atoms with Gasteiger partial charge in [-0.15, -0.1) is 0 Å². The number of fused-ring (bicyclic) bond motifs is 1. The smallest absolute Gasteiger partial charge is 0.311 e. The van der Waals surface area contributed by atoms with Gasteiger partial charge in [-0.1, -0.05) is 18.2 Å². The first-order chi connectivity index (χ1) is 13.0. The zero-order chi connectivity index (χ0) is 19.4. The van der Waals surface area contributed by atoms with Crippen molar-refractivity contribution >= 4 is 28.5 Å². The standard InChI is InChI=1S/C21H18N2O4/c1-13-6-7-18-16(12-26-19(18)8-13)10-20(24)27-14(2)21(25)23-17-5-3-4-15(9-17)11-22/h3-9,12,14H,10H2,1-2H3,(H,23,25)/t14-/m0/s1. The summed E-state index contributed by atoms with van der Waals surface area (Å²) in [6.07, 6.45) is 0.574. The van der Waals surface area contributed by atoms with Crippen LogP contribution in [-0.2, 0) is 20.7 Å². The summed E-state index contributed by atoms with van der Waals surface area (Å²) >= 11 is 0. The van der Waals surface area contributed by atoms with Crippen LogP contribution in [0.1, 0.15) is 23.6 Å². The van der Waals surface area contributed by atoms with E-state index >= 15 is 0 Å². The summed E-state index contributed by atoms with van der Waals surface area (Å²) in [7, 11) is 0. The van der Waals surface area contributed by atoms with Crippen LogP contribution in [0.25, 0.3) is 11.0 Å². The van der Waals surface area contributed by atoms with Gasteiger partial charge in [-0.25, -0.2) is 0 Å². The minimum atomic E-state index is -0.969. The monoisotopic (exact) mass is 362 g/mol. The molecule has 0 saturated heterocycles. The summed E-state index contributed by atoms with van der Waals surface area (Å²) in [5.41, 5.74) is 3.39. The molecule has 1 N–H and O–H groups in total. The van der Waals surface area contributed by atoms with E-state index in [-0.39, 0.29) is 6.42 Å². The van der Waals surface area contributed by atoms with Crippen molar-refractivity contribution in [1.29, 1.82) is 5.26 Å². The number of hydrogen-bond donors (Lipinski definition) is 1. The summed E-state index contributed by atoms with van der Waals surface area (Å²) in [6, 6.07) is 14.2. The number of nitriles is 1. The van der Waals surface area contributed by atoms with Gasteiger partial charge in [-0.3, -0.25) is 9.59 Å². The van der Waals surface area contributed by atoms with Crippen molar-refractivity contribution in [3.63, 3.8) is 0 Å². The van der Waals surface area contributed by atoms with Crippen molar-refractivity contribution in [3.05, 3.63) is 65.4 Å². The number of nitrogens with zero attached hydrogens (tertiary/aromatic N) is 1. The minimum Gasteiger partial charge on any atom is -0.464 e. The number of hydrogen-bond acceptors (Lipinski definition) is 5. The van der Waals surface area contributed by atoms with E-state index in [1.165, 1.54) is 13.2 Å². The lowest BCUT2D eigenvalue weighted by atomic mass is 10.1. The molecule has 0 fully saturated rings. The fourth-order valence-electron chi connectivity index (χ4n) is 2.69. The molecule has 2 aromatic carbocycles. The number of nitrogens with one attached hydrogen (secondary N) is 1. The van der Waals surface area contributed by atoms with Gasteiger partial charge < -0.3 is 14.5 Å². The van der Waals surface area contributed by atoms with Crippen molar-refractivity contribution in [2.75, 3.05) is 5.32 Å². The average Bonchev–Trinajstić information content (AvgIpc) is 3.03. The van der Waals surface area contributed by atoms with E-state index in [0.29, 0.717) is 22.4 Å². The molecule has 27 heavy (non-hydrogen) atoms. The molecule has 0 aliphatic carbocycles. The second-order valence-electron chi connectivity index (χ2n) is 6.25. The molecule has 3 rings (SSSR count). The largest absolute Gasteiger partial charge is 0.464 e. The lowest BCUT2D eigenvalue weighted by Gasteiger charge is -2.13. The molecule has 0 aliphatic heterocycles. The molecule has 1 heterocycles. The van der Waals surface area contributed by atoms with E-state index in [0.717, 1.165) is 10.9 Å². The Labute approximate surface area is 156 Å². The van der Waals surface area contributed by atoms with Crippen LogP contribution in [0.2, 0.25) is 0 Å². The highest BCUT2D eigenvalue weighted by Crippen LogP contribution is 2.23. The van der Waals surface area contributed by atoms with Crippen molar-refractivity contribution in [1.82, 2.24) is 0 Å². The maximum atomic E-state index is 12.2. The number of carbonyl (C=O) groups is 2. The predicted octanol–water partition coefficient (Wildman–Crippen LogP) is 3.73. The maximum absolute atomic E-state index is 12.2. The van der Waals surface area contributed by atoms with E-state index in [9.17, 15) is 9.59 Å².